The molecule has 0 saturated carbocycles. The minimum atomic E-state index is -0.653. The molecule has 0 saturated heterocycles. The van der Waals surface area contributed by atoms with Crippen LogP contribution in [0, 0.1) is 0 Å². The number of carbonyl (C=O) groups is 2. The van der Waals surface area contributed by atoms with Crippen LogP contribution in [0.4, 0.5) is 5.69 Å². The summed E-state index contributed by atoms with van der Waals surface area (Å²) in [7, 11) is 1.33. The fourth-order valence-electron chi connectivity index (χ4n) is 5.05. The first-order valence-corrected chi connectivity index (χ1v) is 14.3. The number of ether oxygens (including phenoxy) is 1. The first-order chi connectivity index (χ1) is 18.0. The zero-order valence-electron chi connectivity index (χ0n) is 21.2. The number of carbonyl (C=O) groups excluding carboxylic acids is 2. The van der Waals surface area contributed by atoms with Crippen LogP contribution < -0.4 is 19.8 Å². The Labute approximate surface area is 223 Å². The summed E-state index contributed by atoms with van der Waals surface area (Å²) in [6.07, 6.45) is 5.48. The zero-order chi connectivity index (χ0) is 26.1. The van der Waals surface area contributed by atoms with E-state index in [1.54, 1.807) is 16.4 Å². The van der Waals surface area contributed by atoms with Gasteiger partial charge in [0.15, 0.2) is 4.80 Å². The number of esters is 1. The number of unbranched alkanes of at least 4 members (excludes halogenated alkanes) is 4. The topological polar surface area (TPSA) is 81.0 Å². The smallest absolute Gasteiger partial charge is 0.338 e. The molecule has 0 fully saturated rings. The summed E-state index contributed by atoms with van der Waals surface area (Å²) < 4.78 is 6.95. The molecule has 7 nitrogen and oxygen atoms in total. The van der Waals surface area contributed by atoms with Crippen molar-refractivity contribution in [1.29, 1.82) is 0 Å². The molecular formula is C28H29N3O4S2. The molecule has 4 heterocycles. The third-order valence-corrected chi connectivity index (χ3v) is 8.83. The summed E-state index contributed by atoms with van der Waals surface area (Å²) in [4.78, 5) is 48.3. The minimum Gasteiger partial charge on any atom is -0.466 e. The van der Waals surface area contributed by atoms with Gasteiger partial charge in [0.05, 0.1) is 29.6 Å². The highest BCUT2D eigenvalue weighted by Crippen LogP contribution is 2.36. The largest absolute Gasteiger partial charge is 0.466 e. The zero-order valence-corrected chi connectivity index (χ0v) is 22.8. The third-order valence-electron chi connectivity index (χ3n) is 6.85. The standard InChI is InChI=1S/C28H29N3O4S2/c1-4-5-6-7-10-15-30-19-13-9-8-12-18(19)22(25(30)32)24-26(33)31-23(20-14-11-16-36-20)21(27(34)35-3)17(2)29-28(31)37-24/h8-9,11-14,16,23H,4-7,10,15H2,1-3H3/b24-22-/t23-/m1/s1. The van der Waals surface area contributed by atoms with E-state index in [4.69, 9.17) is 4.74 Å². The lowest BCUT2D eigenvalue weighted by Crippen LogP contribution is -2.40. The molecule has 192 valence electrons. The fourth-order valence-corrected chi connectivity index (χ4v) is 7.01. The van der Waals surface area contributed by atoms with Crippen molar-refractivity contribution >= 4 is 45.8 Å². The fraction of sp³-hybridized carbons (Fsp3) is 0.357. The molecule has 0 aliphatic carbocycles. The van der Waals surface area contributed by atoms with Crippen LogP contribution in [0.15, 0.2) is 62.8 Å². The Balaban J connectivity index is 1.66. The van der Waals surface area contributed by atoms with E-state index in [9.17, 15) is 14.4 Å². The van der Waals surface area contributed by atoms with E-state index in [0.29, 0.717) is 32.7 Å². The Bertz CT molecular complexity index is 1560. The molecule has 2 aromatic heterocycles. The van der Waals surface area contributed by atoms with E-state index in [2.05, 4.69) is 11.9 Å². The maximum atomic E-state index is 14.0. The number of rotatable bonds is 8. The van der Waals surface area contributed by atoms with Gasteiger partial charge in [0, 0.05) is 17.0 Å². The van der Waals surface area contributed by atoms with Crippen LogP contribution in [0.5, 0.6) is 0 Å². The van der Waals surface area contributed by atoms with Gasteiger partial charge >= 0.3 is 5.97 Å². The van der Waals surface area contributed by atoms with Gasteiger partial charge in [-0.3, -0.25) is 14.2 Å². The molecule has 1 atom stereocenters. The minimum absolute atomic E-state index is 0.154. The van der Waals surface area contributed by atoms with Crippen LogP contribution >= 0.6 is 22.7 Å². The first-order valence-electron chi connectivity index (χ1n) is 12.6. The van der Waals surface area contributed by atoms with Crippen LogP contribution in [0.25, 0.3) is 5.57 Å². The Morgan fingerprint density at radius 3 is 2.59 bits per heavy atom. The van der Waals surface area contributed by atoms with Crippen LogP contribution in [0.1, 0.15) is 62.4 Å². The second kappa shape index (κ2) is 10.6. The SMILES string of the molecule is CCCCCCCN1C(=O)/C(=c2\sc3n(c2=O)[C@H](c2cccs2)C(C(=O)OC)=C(C)N=3)c2ccccc21. The molecule has 1 aromatic carbocycles. The Kier molecular flexibility index (Phi) is 7.26. The molecule has 0 unspecified atom stereocenters. The Morgan fingerprint density at radius 1 is 1.08 bits per heavy atom. The van der Waals surface area contributed by atoms with Gasteiger partial charge in [-0.2, -0.15) is 0 Å². The van der Waals surface area contributed by atoms with Gasteiger partial charge in [-0.1, -0.05) is 68.2 Å². The van der Waals surface area contributed by atoms with Gasteiger partial charge in [0.25, 0.3) is 11.5 Å². The lowest BCUT2D eigenvalue weighted by Gasteiger charge is -2.22. The number of thiophene rings is 1. The quantitative estimate of drug-likeness (QED) is 0.321. The molecule has 3 aromatic rings. The van der Waals surface area contributed by atoms with E-state index in [-0.39, 0.29) is 11.5 Å². The van der Waals surface area contributed by atoms with E-state index in [1.807, 2.05) is 41.8 Å². The van der Waals surface area contributed by atoms with E-state index < -0.39 is 12.0 Å². The molecule has 0 bridgehead atoms. The maximum absolute atomic E-state index is 14.0. The third kappa shape index (κ3) is 4.40. The summed E-state index contributed by atoms with van der Waals surface area (Å²) in [5.41, 5.74) is 2.54. The highest BCUT2D eigenvalue weighted by Gasteiger charge is 2.37. The van der Waals surface area contributed by atoms with Crippen LogP contribution in [0.2, 0.25) is 0 Å². The molecule has 2 aliphatic rings. The van der Waals surface area contributed by atoms with Crippen molar-refractivity contribution in [3.63, 3.8) is 0 Å². The van der Waals surface area contributed by atoms with E-state index in [1.165, 1.54) is 42.6 Å². The molecule has 1 amide bonds. The van der Waals surface area contributed by atoms with Crippen molar-refractivity contribution in [2.75, 3.05) is 18.6 Å². The number of hydrogen-bond donors (Lipinski definition) is 0. The lowest BCUT2D eigenvalue weighted by atomic mass is 10.0. The number of thiazole rings is 1. The van der Waals surface area contributed by atoms with Crippen LogP contribution in [0.3, 0.4) is 0 Å². The molecule has 0 radical (unpaired) electrons. The predicted molar refractivity (Wildman–Crippen MR) is 147 cm³/mol. The number of allylic oxidation sites excluding steroid dienone is 1. The number of aromatic nitrogens is 1. The van der Waals surface area contributed by atoms with Gasteiger partial charge in [-0.25, -0.2) is 9.79 Å². The van der Waals surface area contributed by atoms with E-state index in [0.717, 1.165) is 35.4 Å². The van der Waals surface area contributed by atoms with E-state index >= 15 is 0 Å². The number of anilines is 1. The number of amides is 1. The number of hydrogen-bond acceptors (Lipinski definition) is 7. The lowest BCUT2D eigenvalue weighted by molar-refractivity contribution is -0.136. The summed E-state index contributed by atoms with van der Waals surface area (Å²) in [6, 6.07) is 10.8. The summed E-state index contributed by atoms with van der Waals surface area (Å²) in [5, 5.41) is 1.91. The molecular weight excluding hydrogens is 506 g/mol. The highest BCUT2D eigenvalue weighted by molar-refractivity contribution is 7.10. The van der Waals surface area contributed by atoms with Crippen molar-refractivity contribution in [2.24, 2.45) is 4.99 Å². The number of methoxy groups -OCH3 is 1. The average Bonchev–Trinajstić information content (AvgIpc) is 3.60. The molecule has 0 spiro atoms. The van der Waals surface area contributed by atoms with Crippen LogP contribution in [-0.2, 0) is 14.3 Å². The second-order valence-electron chi connectivity index (χ2n) is 9.17. The van der Waals surface area contributed by atoms with Gasteiger partial charge in [-0.15, -0.1) is 11.3 Å². The van der Waals surface area contributed by atoms with Gasteiger partial charge in [0.1, 0.15) is 10.6 Å². The van der Waals surface area contributed by atoms with Crippen LogP contribution in [-0.4, -0.2) is 30.1 Å². The number of nitrogens with zero attached hydrogens (tertiary/aromatic N) is 3. The average molecular weight is 536 g/mol. The van der Waals surface area contributed by atoms with Gasteiger partial charge < -0.3 is 9.64 Å². The van der Waals surface area contributed by atoms with Gasteiger partial charge in [0.2, 0.25) is 0 Å². The normalized spacial score (nSPS) is 18.1. The number of fused-ring (bicyclic) bond motifs is 2. The van der Waals surface area contributed by atoms with Crippen molar-refractivity contribution < 1.29 is 14.3 Å². The monoisotopic (exact) mass is 535 g/mol. The highest BCUT2D eigenvalue weighted by atomic mass is 32.1. The van der Waals surface area contributed by atoms with Crippen molar-refractivity contribution in [3.05, 3.63) is 83.2 Å². The first kappa shape index (κ1) is 25.4. The maximum Gasteiger partial charge on any atom is 0.338 e. The Hall–Kier alpha value is -3.30. The molecule has 2 aliphatic heterocycles. The summed E-state index contributed by atoms with van der Waals surface area (Å²) in [5.74, 6) is -0.673. The van der Waals surface area contributed by atoms with Gasteiger partial charge in [-0.05, 0) is 30.9 Å². The second-order valence-corrected chi connectivity index (χ2v) is 11.1. The van der Waals surface area contributed by atoms with Crippen molar-refractivity contribution in [2.45, 2.75) is 52.0 Å². The molecule has 0 N–H and O–H groups in total. The molecule has 9 heteroatoms. The summed E-state index contributed by atoms with van der Waals surface area (Å²) in [6.45, 7) is 4.55. The number of benzene rings is 1. The van der Waals surface area contributed by atoms with Crippen molar-refractivity contribution in [3.8, 4) is 0 Å². The Morgan fingerprint density at radius 2 is 1.86 bits per heavy atom. The summed E-state index contributed by atoms with van der Waals surface area (Å²) >= 11 is 2.67. The van der Waals surface area contributed by atoms with Crippen molar-refractivity contribution in [1.82, 2.24) is 4.57 Å². The predicted octanol–water partition coefficient (Wildman–Crippen LogP) is 4.16. The molecule has 37 heavy (non-hydrogen) atoms. The molecule has 5 rings (SSSR count). The number of para-hydroxylation sites is 1.